The second-order valence-corrected chi connectivity index (χ2v) is 5.64. The van der Waals surface area contributed by atoms with Crippen LogP contribution in [0.1, 0.15) is 16.7 Å². The molecule has 0 N–H and O–H groups in total. The fourth-order valence-electron chi connectivity index (χ4n) is 1.95. The van der Waals surface area contributed by atoms with Gasteiger partial charge in [-0.15, -0.1) is 11.8 Å². The minimum atomic E-state index is -0.325. The predicted molar refractivity (Wildman–Crippen MR) is 88.9 cm³/mol. The Morgan fingerprint density at radius 2 is 1.76 bits per heavy atom. The van der Waals surface area contributed by atoms with Gasteiger partial charge in [-0.2, -0.15) is 0 Å². The standard InChI is InChI=1S/C18H18O2S/c1-14-8-6-7-11-16(14)17(12-18(19)20-2)21-13-15-9-4-3-5-10-15/h3-12H,13H2,1-2H3. The first-order chi connectivity index (χ1) is 10.2. The second-order valence-electron chi connectivity index (χ2n) is 4.62. The van der Waals surface area contributed by atoms with E-state index < -0.39 is 0 Å². The summed E-state index contributed by atoms with van der Waals surface area (Å²) >= 11 is 1.65. The number of aryl methyl sites for hydroxylation is 1. The van der Waals surface area contributed by atoms with Crippen molar-refractivity contribution in [1.82, 2.24) is 0 Å². The molecule has 0 amide bonds. The maximum absolute atomic E-state index is 11.6. The van der Waals surface area contributed by atoms with Crippen molar-refractivity contribution in [2.75, 3.05) is 7.11 Å². The average molecular weight is 298 g/mol. The van der Waals surface area contributed by atoms with Crippen LogP contribution < -0.4 is 0 Å². The Bertz CT molecular complexity index is 633. The van der Waals surface area contributed by atoms with Gasteiger partial charge in [0.05, 0.1) is 7.11 Å². The Balaban J connectivity index is 2.23. The van der Waals surface area contributed by atoms with Gasteiger partial charge in [-0.05, 0) is 23.6 Å². The zero-order chi connectivity index (χ0) is 15.1. The van der Waals surface area contributed by atoms with Crippen LogP contribution in [0, 0.1) is 6.92 Å². The highest BCUT2D eigenvalue weighted by Gasteiger charge is 2.09. The summed E-state index contributed by atoms with van der Waals surface area (Å²) in [5.74, 6) is 0.492. The van der Waals surface area contributed by atoms with Crippen LogP contribution in [-0.4, -0.2) is 13.1 Å². The molecule has 0 aliphatic heterocycles. The zero-order valence-corrected chi connectivity index (χ0v) is 13.0. The first-order valence-corrected chi connectivity index (χ1v) is 7.71. The van der Waals surface area contributed by atoms with Gasteiger partial charge in [-0.1, -0.05) is 54.6 Å². The summed E-state index contributed by atoms with van der Waals surface area (Å²) in [5, 5.41) is 0. The monoisotopic (exact) mass is 298 g/mol. The molecule has 0 unspecified atom stereocenters. The molecule has 0 heterocycles. The molecule has 0 atom stereocenters. The van der Waals surface area contributed by atoms with Crippen molar-refractivity contribution in [2.24, 2.45) is 0 Å². The number of hydrogen-bond acceptors (Lipinski definition) is 3. The van der Waals surface area contributed by atoms with E-state index in [-0.39, 0.29) is 5.97 Å². The van der Waals surface area contributed by atoms with Crippen molar-refractivity contribution >= 4 is 22.6 Å². The summed E-state index contributed by atoms with van der Waals surface area (Å²) < 4.78 is 4.77. The fraction of sp³-hybridized carbons (Fsp3) is 0.167. The van der Waals surface area contributed by atoms with Crippen LogP contribution in [0.25, 0.3) is 4.91 Å². The van der Waals surface area contributed by atoms with E-state index in [0.717, 1.165) is 21.8 Å². The smallest absolute Gasteiger partial charge is 0.331 e. The van der Waals surface area contributed by atoms with Crippen molar-refractivity contribution in [3.8, 4) is 0 Å². The van der Waals surface area contributed by atoms with Gasteiger partial charge >= 0.3 is 5.97 Å². The number of benzene rings is 2. The third-order valence-electron chi connectivity index (χ3n) is 3.10. The van der Waals surface area contributed by atoms with Crippen molar-refractivity contribution in [3.63, 3.8) is 0 Å². The minimum Gasteiger partial charge on any atom is -0.466 e. The molecule has 2 aromatic rings. The van der Waals surface area contributed by atoms with Gasteiger partial charge in [-0.25, -0.2) is 4.79 Å². The Kier molecular flexibility index (Phi) is 5.64. The molecule has 0 saturated carbocycles. The Hall–Kier alpha value is -2.00. The first kappa shape index (κ1) is 15.4. The number of carbonyl (C=O) groups excluding carboxylic acids is 1. The average Bonchev–Trinajstić information content (AvgIpc) is 2.53. The Morgan fingerprint density at radius 3 is 2.43 bits per heavy atom. The Morgan fingerprint density at radius 1 is 1.10 bits per heavy atom. The highest BCUT2D eigenvalue weighted by molar-refractivity contribution is 8.07. The molecule has 0 aliphatic carbocycles. The lowest BCUT2D eigenvalue weighted by Gasteiger charge is -2.10. The van der Waals surface area contributed by atoms with E-state index in [2.05, 4.69) is 12.1 Å². The number of carbonyl (C=O) groups is 1. The van der Waals surface area contributed by atoms with Crippen LogP contribution in [0.5, 0.6) is 0 Å². The van der Waals surface area contributed by atoms with E-state index in [1.165, 1.54) is 12.7 Å². The number of esters is 1. The largest absolute Gasteiger partial charge is 0.466 e. The van der Waals surface area contributed by atoms with Crippen LogP contribution in [0.4, 0.5) is 0 Å². The van der Waals surface area contributed by atoms with Gasteiger partial charge in [0, 0.05) is 16.7 Å². The summed E-state index contributed by atoms with van der Waals surface area (Å²) in [7, 11) is 1.40. The third kappa shape index (κ3) is 4.50. The van der Waals surface area contributed by atoms with Crippen LogP contribution in [0.15, 0.2) is 60.7 Å². The number of methoxy groups -OCH3 is 1. The summed E-state index contributed by atoms with van der Waals surface area (Å²) in [6.07, 6.45) is 1.57. The third-order valence-corrected chi connectivity index (χ3v) is 4.22. The second kappa shape index (κ2) is 7.70. The number of thioether (sulfide) groups is 1. The molecule has 108 valence electrons. The van der Waals surface area contributed by atoms with Crippen molar-refractivity contribution in [2.45, 2.75) is 12.7 Å². The fourth-order valence-corrected chi connectivity index (χ4v) is 3.03. The lowest BCUT2D eigenvalue weighted by molar-refractivity contribution is -0.134. The lowest BCUT2D eigenvalue weighted by Crippen LogP contribution is -1.97. The Labute approximate surface area is 129 Å². The van der Waals surface area contributed by atoms with E-state index in [1.54, 1.807) is 17.8 Å². The maximum Gasteiger partial charge on any atom is 0.331 e. The van der Waals surface area contributed by atoms with Crippen molar-refractivity contribution in [1.29, 1.82) is 0 Å². The van der Waals surface area contributed by atoms with Crippen molar-refractivity contribution in [3.05, 3.63) is 77.4 Å². The SMILES string of the molecule is COC(=O)C=C(SCc1ccccc1)c1ccccc1C. The summed E-state index contributed by atoms with van der Waals surface area (Å²) in [6.45, 7) is 2.05. The van der Waals surface area contributed by atoms with Gasteiger partial charge in [0.2, 0.25) is 0 Å². The maximum atomic E-state index is 11.6. The van der Waals surface area contributed by atoms with Gasteiger partial charge in [-0.3, -0.25) is 0 Å². The molecular formula is C18H18O2S. The molecule has 0 radical (unpaired) electrons. The quantitative estimate of drug-likeness (QED) is 0.603. The predicted octanol–water partition coefficient (Wildman–Crippen LogP) is 4.44. The summed E-state index contributed by atoms with van der Waals surface area (Å²) in [6, 6.07) is 18.3. The number of hydrogen-bond donors (Lipinski definition) is 0. The summed E-state index contributed by atoms with van der Waals surface area (Å²) in [4.78, 5) is 12.5. The van der Waals surface area contributed by atoms with Crippen molar-refractivity contribution < 1.29 is 9.53 Å². The minimum absolute atomic E-state index is 0.325. The molecule has 0 saturated heterocycles. The molecule has 0 bridgehead atoms. The molecule has 21 heavy (non-hydrogen) atoms. The summed E-state index contributed by atoms with van der Waals surface area (Å²) in [5.41, 5.74) is 3.45. The van der Waals surface area contributed by atoms with E-state index in [0.29, 0.717) is 0 Å². The first-order valence-electron chi connectivity index (χ1n) is 6.73. The zero-order valence-electron chi connectivity index (χ0n) is 12.2. The topological polar surface area (TPSA) is 26.3 Å². The molecule has 0 aliphatic rings. The lowest BCUT2D eigenvalue weighted by atomic mass is 10.1. The van der Waals surface area contributed by atoms with Gasteiger partial charge < -0.3 is 4.74 Å². The van der Waals surface area contributed by atoms with Gasteiger partial charge in [0.1, 0.15) is 0 Å². The normalized spacial score (nSPS) is 11.2. The molecule has 0 spiro atoms. The molecule has 0 aromatic heterocycles. The number of rotatable bonds is 5. The van der Waals surface area contributed by atoms with Crippen LogP contribution >= 0.6 is 11.8 Å². The number of ether oxygens (including phenoxy) is 1. The highest BCUT2D eigenvalue weighted by Crippen LogP contribution is 2.32. The van der Waals surface area contributed by atoms with E-state index in [1.807, 2.05) is 49.4 Å². The van der Waals surface area contributed by atoms with Crippen LogP contribution in [-0.2, 0) is 15.3 Å². The highest BCUT2D eigenvalue weighted by atomic mass is 32.2. The van der Waals surface area contributed by atoms with Crippen LogP contribution in [0.2, 0.25) is 0 Å². The molecular weight excluding hydrogens is 280 g/mol. The van der Waals surface area contributed by atoms with Gasteiger partial charge in [0.15, 0.2) is 0 Å². The molecule has 3 heteroatoms. The molecule has 0 fully saturated rings. The molecule has 2 aromatic carbocycles. The van der Waals surface area contributed by atoms with Crippen LogP contribution in [0.3, 0.4) is 0 Å². The van der Waals surface area contributed by atoms with E-state index in [4.69, 9.17) is 4.74 Å². The van der Waals surface area contributed by atoms with E-state index >= 15 is 0 Å². The molecule has 2 nitrogen and oxygen atoms in total. The van der Waals surface area contributed by atoms with E-state index in [9.17, 15) is 4.79 Å². The molecule has 2 rings (SSSR count). The van der Waals surface area contributed by atoms with Gasteiger partial charge in [0.25, 0.3) is 0 Å².